The summed E-state index contributed by atoms with van der Waals surface area (Å²) in [6.07, 6.45) is 0. The average molecular weight is 325 g/mol. The second-order valence-corrected chi connectivity index (χ2v) is 6.12. The lowest BCUT2D eigenvalue weighted by atomic mass is 10.2. The van der Waals surface area contributed by atoms with E-state index in [1.165, 1.54) is 0 Å². The van der Waals surface area contributed by atoms with Crippen molar-refractivity contribution < 1.29 is 8.95 Å². The zero-order valence-electron chi connectivity index (χ0n) is 9.93. The first-order valence-electron chi connectivity index (χ1n) is 5.46. The van der Waals surface area contributed by atoms with E-state index in [2.05, 4.69) is 15.9 Å². The first kappa shape index (κ1) is 13.3. The van der Waals surface area contributed by atoms with E-state index in [-0.39, 0.29) is 0 Å². The van der Waals surface area contributed by atoms with Gasteiger partial charge in [-0.05, 0) is 30.3 Å². The Hall–Kier alpha value is -1.13. The van der Waals surface area contributed by atoms with Crippen LogP contribution in [-0.2, 0) is 16.6 Å². The fourth-order valence-electron chi connectivity index (χ4n) is 1.63. The van der Waals surface area contributed by atoms with Gasteiger partial charge in [-0.25, -0.2) is 0 Å². The van der Waals surface area contributed by atoms with Crippen LogP contribution in [0, 0.1) is 0 Å². The number of hydrogen-bond donors (Lipinski definition) is 0. The summed E-state index contributed by atoms with van der Waals surface area (Å²) in [5.41, 5.74) is 0.959. The van der Waals surface area contributed by atoms with Gasteiger partial charge < -0.3 is 4.74 Å². The molecule has 0 aromatic heterocycles. The Bertz CT molecular complexity index is 552. The van der Waals surface area contributed by atoms with Gasteiger partial charge in [0.1, 0.15) is 5.75 Å². The highest BCUT2D eigenvalue weighted by Crippen LogP contribution is 2.22. The molecule has 0 aliphatic heterocycles. The highest BCUT2D eigenvalue weighted by molar-refractivity contribution is 9.10. The molecular formula is C14H13BrO2S. The Morgan fingerprint density at radius 2 is 1.78 bits per heavy atom. The highest BCUT2D eigenvalue weighted by atomic mass is 79.9. The topological polar surface area (TPSA) is 26.3 Å². The molecular weight excluding hydrogens is 312 g/mol. The predicted octanol–water partition coefficient (Wildman–Crippen LogP) is 3.77. The first-order valence-corrected chi connectivity index (χ1v) is 7.58. The third-order valence-corrected chi connectivity index (χ3v) is 4.46. The summed E-state index contributed by atoms with van der Waals surface area (Å²) >= 11 is 3.37. The molecule has 0 N–H and O–H groups in total. The molecule has 4 heteroatoms. The van der Waals surface area contributed by atoms with E-state index in [0.717, 1.165) is 20.7 Å². The van der Waals surface area contributed by atoms with Gasteiger partial charge in [0.15, 0.2) is 0 Å². The van der Waals surface area contributed by atoms with Crippen LogP contribution in [0.5, 0.6) is 5.75 Å². The number of benzene rings is 2. The summed E-state index contributed by atoms with van der Waals surface area (Å²) in [7, 11) is 0.571. The van der Waals surface area contributed by atoms with Crippen LogP contribution in [0.3, 0.4) is 0 Å². The van der Waals surface area contributed by atoms with Crippen LogP contribution in [0.4, 0.5) is 0 Å². The average Bonchev–Trinajstić information content (AvgIpc) is 2.40. The van der Waals surface area contributed by atoms with Crippen LogP contribution in [0.25, 0.3) is 0 Å². The van der Waals surface area contributed by atoms with Crippen molar-refractivity contribution in [3.63, 3.8) is 0 Å². The van der Waals surface area contributed by atoms with Crippen LogP contribution in [0.2, 0.25) is 0 Å². The Labute approximate surface area is 118 Å². The van der Waals surface area contributed by atoms with Gasteiger partial charge in [0.25, 0.3) is 0 Å². The molecule has 0 spiro atoms. The normalized spacial score (nSPS) is 12.1. The molecule has 0 saturated carbocycles. The Morgan fingerprint density at radius 1 is 1.11 bits per heavy atom. The number of para-hydroxylation sites is 1. The maximum absolute atomic E-state index is 12.2. The standard InChI is InChI=1S/C14H13BrO2S/c1-17-14-5-3-2-4-11(14)10-18(16)13-8-6-12(15)7-9-13/h2-9H,10H2,1H3. The van der Waals surface area contributed by atoms with E-state index in [1.54, 1.807) is 7.11 Å². The summed E-state index contributed by atoms with van der Waals surface area (Å²) in [4.78, 5) is 0.823. The summed E-state index contributed by atoms with van der Waals surface area (Å²) in [6, 6.07) is 15.2. The maximum atomic E-state index is 12.2. The monoisotopic (exact) mass is 324 g/mol. The number of methoxy groups -OCH3 is 1. The molecule has 18 heavy (non-hydrogen) atoms. The van der Waals surface area contributed by atoms with Crippen LogP contribution < -0.4 is 4.74 Å². The highest BCUT2D eigenvalue weighted by Gasteiger charge is 2.08. The van der Waals surface area contributed by atoms with Gasteiger partial charge in [0, 0.05) is 14.9 Å². The number of rotatable bonds is 4. The fourth-order valence-corrected chi connectivity index (χ4v) is 3.02. The van der Waals surface area contributed by atoms with Gasteiger partial charge in [-0.15, -0.1) is 0 Å². The van der Waals surface area contributed by atoms with Gasteiger partial charge in [0.05, 0.1) is 23.7 Å². The van der Waals surface area contributed by atoms with Gasteiger partial charge in [-0.1, -0.05) is 34.1 Å². The van der Waals surface area contributed by atoms with E-state index in [1.807, 2.05) is 48.5 Å². The third kappa shape index (κ3) is 3.21. The molecule has 0 bridgehead atoms. The lowest BCUT2D eigenvalue weighted by molar-refractivity contribution is 0.411. The molecule has 2 nitrogen and oxygen atoms in total. The number of hydrogen-bond acceptors (Lipinski definition) is 2. The lowest BCUT2D eigenvalue weighted by Gasteiger charge is -2.08. The van der Waals surface area contributed by atoms with E-state index >= 15 is 0 Å². The molecule has 0 aliphatic carbocycles. The van der Waals surface area contributed by atoms with Crippen molar-refractivity contribution in [1.29, 1.82) is 0 Å². The van der Waals surface area contributed by atoms with E-state index in [0.29, 0.717) is 5.75 Å². The minimum absolute atomic E-state index is 0.464. The summed E-state index contributed by atoms with van der Waals surface area (Å²) in [6.45, 7) is 0. The van der Waals surface area contributed by atoms with Gasteiger partial charge in [-0.3, -0.25) is 4.21 Å². The van der Waals surface area contributed by atoms with E-state index in [9.17, 15) is 4.21 Å². The number of halogens is 1. The van der Waals surface area contributed by atoms with Crippen molar-refractivity contribution in [2.75, 3.05) is 7.11 Å². The molecule has 1 unspecified atom stereocenters. The molecule has 0 heterocycles. The molecule has 0 aliphatic rings. The van der Waals surface area contributed by atoms with Crippen LogP contribution in [0.1, 0.15) is 5.56 Å². The molecule has 2 rings (SSSR count). The summed E-state index contributed by atoms with van der Waals surface area (Å²) in [5.74, 6) is 1.24. The largest absolute Gasteiger partial charge is 0.496 e. The Morgan fingerprint density at radius 3 is 2.44 bits per heavy atom. The van der Waals surface area contributed by atoms with E-state index in [4.69, 9.17) is 4.74 Å². The molecule has 1 atom stereocenters. The van der Waals surface area contributed by atoms with E-state index < -0.39 is 10.8 Å². The zero-order chi connectivity index (χ0) is 13.0. The fraction of sp³-hybridized carbons (Fsp3) is 0.143. The molecule has 94 valence electrons. The zero-order valence-corrected chi connectivity index (χ0v) is 12.3. The van der Waals surface area contributed by atoms with Crippen molar-refractivity contribution in [2.24, 2.45) is 0 Å². The third-order valence-electron chi connectivity index (χ3n) is 2.56. The summed E-state index contributed by atoms with van der Waals surface area (Å²) < 4.78 is 18.5. The molecule has 0 radical (unpaired) electrons. The van der Waals surface area contributed by atoms with Crippen LogP contribution in [0.15, 0.2) is 57.9 Å². The van der Waals surface area contributed by atoms with Crippen LogP contribution >= 0.6 is 15.9 Å². The van der Waals surface area contributed by atoms with Gasteiger partial charge in [0.2, 0.25) is 0 Å². The van der Waals surface area contributed by atoms with Crippen molar-refractivity contribution in [2.45, 2.75) is 10.6 Å². The minimum Gasteiger partial charge on any atom is -0.496 e. The second kappa shape index (κ2) is 6.16. The summed E-state index contributed by atoms with van der Waals surface area (Å²) in [5, 5.41) is 0. The predicted molar refractivity (Wildman–Crippen MR) is 77.2 cm³/mol. The van der Waals surface area contributed by atoms with Crippen molar-refractivity contribution in [3.8, 4) is 5.75 Å². The van der Waals surface area contributed by atoms with Gasteiger partial charge in [-0.2, -0.15) is 0 Å². The quantitative estimate of drug-likeness (QED) is 0.855. The van der Waals surface area contributed by atoms with Gasteiger partial charge >= 0.3 is 0 Å². The molecule has 2 aromatic carbocycles. The maximum Gasteiger partial charge on any atom is 0.122 e. The van der Waals surface area contributed by atoms with Crippen molar-refractivity contribution in [3.05, 3.63) is 58.6 Å². The molecule has 0 fully saturated rings. The number of ether oxygens (including phenoxy) is 1. The van der Waals surface area contributed by atoms with Crippen LogP contribution in [-0.4, -0.2) is 11.3 Å². The lowest BCUT2D eigenvalue weighted by Crippen LogP contribution is -1.98. The molecule has 0 saturated heterocycles. The second-order valence-electron chi connectivity index (χ2n) is 3.76. The minimum atomic E-state index is -1.06. The van der Waals surface area contributed by atoms with Crippen molar-refractivity contribution in [1.82, 2.24) is 0 Å². The smallest absolute Gasteiger partial charge is 0.122 e. The Balaban J connectivity index is 2.18. The van der Waals surface area contributed by atoms with Crippen molar-refractivity contribution >= 4 is 26.7 Å². The molecule has 2 aromatic rings. The molecule has 0 amide bonds. The first-order chi connectivity index (χ1) is 8.70. The Kier molecular flexibility index (Phi) is 4.55. The SMILES string of the molecule is COc1ccccc1CS(=O)c1ccc(Br)cc1.